The number of nitrogens with one attached hydrogen (secondary N) is 3. The molecule has 6 rings (SSSR count). The van der Waals surface area contributed by atoms with Crippen LogP contribution in [0.25, 0.3) is 5.65 Å². The molecule has 1 amide bonds. The lowest BCUT2D eigenvalue weighted by Gasteiger charge is -2.58. The zero-order valence-electron chi connectivity index (χ0n) is 17.3. The molecule has 2 saturated heterocycles. The molecule has 10 nitrogen and oxygen atoms in total. The monoisotopic (exact) mass is 420 g/mol. The van der Waals surface area contributed by atoms with E-state index in [2.05, 4.69) is 30.9 Å². The van der Waals surface area contributed by atoms with Gasteiger partial charge in [-0.05, 0) is 25.0 Å². The maximum absolute atomic E-state index is 12.6. The van der Waals surface area contributed by atoms with E-state index in [4.69, 9.17) is 9.72 Å². The summed E-state index contributed by atoms with van der Waals surface area (Å²) in [6, 6.07) is 7.99. The summed E-state index contributed by atoms with van der Waals surface area (Å²) in [4.78, 5) is 24.3. The summed E-state index contributed by atoms with van der Waals surface area (Å²) in [5, 5.41) is 13.7. The quantitative estimate of drug-likeness (QED) is 0.557. The topological polar surface area (TPSA) is 109 Å². The van der Waals surface area contributed by atoms with Crippen LogP contribution in [0.3, 0.4) is 0 Å². The van der Waals surface area contributed by atoms with E-state index in [9.17, 15) is 4.79 Å². The van der Waals surface area contributed by atoms with Crippen molar-refractivity contribution in [2.75, 3.05) is 35.7 Å². The number of hydrogen-bond acceptors (Lipinski definition) is 8. The number of nitrogens with zero attached hydrogens (tertiary/aromatic N) is 5. The molecule has 3 aromatic heterocycles. The molecule has 5 heterocycles. The number of pyridine rings is 1. The van der Waals surface area contributed by atoms with Crippen molar-refractivity contribution in [2.45, 2.75) is 37.5 Å². The fourth-order valence-electron chi connectivity index (χ4n) is 4.17. The number of amides is 1. The predicted octanol–water partition coefficient (Wildman–Crippen LogP) is 2.13. The fraction of sp³-hybridized carbons (Fsp3) is 0.429. The van der Waals surface area contributed by atoms with Crippen molar-refractivity contribution in [3.8, 4) is 0 Å². The van der Waals surface area contributed by atoms with Crippen LogP contribution >= 0.6 is 0 Å². The van der Waals surface area contributed by atoms with Crippen molar-refractivity contribution in [1.29, 1.82) is 0 Å². The summed E-state index contributed by atoms with van der Waals surface area (Å²) in [7, 11) is 1.81. The van der Waals surface area contributed by atoms with E-state index in [1.807, 2.05) is 31.3 Å². The first-order valence-corrected chi connectivity index (χ1v) is 10.7. The average Bonchev–Trinajstić information content (AvgIpc) is 3.41. The van der Waals surface area contributed by atoms with Gasteiger partial charge in [0, 0.05) is 38.5 Å². The number of rotatable bonds is 6. The van der Waals surface area contributed by atoms with Crippen molar-refractivity contribution in [3.63, 3.8) is 0 Å². The Morgan fingerprint density at radius 1 is 1.23 bits per heavy atom. The van der Waals surface area contributed by atoms with Gasteiger partial charge in [0.05, 0.1) is 12.8 Å². The largest absolute Gasteiger partial charge is 0.373 e. The maximum Gasteiger partial charge on any atom is 0.256 e. The normalized spacial score (nSPS) is 22.2. The minimum Gasteiger partial charge on any atom is -0.373 e. The summed E-state index contributed by atoms with van der Waals surface area (Å²) in [5.41, 5.74) is 0.801. The van der Waals surface area contributed by atoms with Crippen molar-refractivity contribution < 1.29 is 9.53 Å². The Balaban J connectivity index is 1.30. The van der Waals surface area contributed by atoms with Gasteiger partial charge in [0.1, 0.15) is 34.6 Å². The van der Waals surface area contributed by atoms with Crippen LogP contribution in [-0.2, 0) is 4.74 Å². The molecule has 1 atom stereocenters. The Morgan fingerprint density at radius 2 is 2.10 bits per heavy atom. The third kappa shape index (κ3) is 3.05. The summed E-state index contributed by atoms with van der Waals surface area (Å²) in [5.74, 6) is 2.73. The molecular formula is C21H24N8O2. The number of fused-ring (bicyclic) bond motifs is 1. The van der Waals surface area contributed by atoms with Crippen molar-refractivity contribution in [1.82, 2.24) is 24.9 Å². The van der Waals surface area contributed by atoms with Gasteiger partial charge in [0.15, 0.2) is 5.65 Å². The van der Waals surface area contributed by atoms with Gasteiger partial charge in [-0.15, -0.1) is 0 Å². The molecular weight excluding hydrogens is 396 g/mol. The third-order valence-electron chi connectivity index (χ3n) is 6.23. The van der Waals surface area contributed by atoms with Gasteiger partial charge in [-0.1, -0.05) is 6.07 Å². The molecule has 0 bridgehead atoms. The van der Waals surface area contributed by atoms with Crippen LogP contribution in [0.2, 0.25) is 0 Å². The smallest absolute Gasteiger partial charge is 0.256 e. The van der Waals surface area contributed by atoms with Gasteiger partial charge in [0.25, 0.3) is 5.91 Å². The number of aromatic nitrogens is 4. The maximum atomic E-state index is 12.6. The molecule has 31 heavy (non-hydrogen) atoms. The molecule has 3 aliphatic rings. The second kappa shape index (κ2) is 6.81. The third-order valence-corrected chi connectivity index (χ3v) is 6.23. The fourth-order valence-corrected chi connectivity index (χ4v) is 4.17. The first kappa shape index (κ1) is 18.4. The lowest BCUT2D eigenvalue weighted by Crippen LogP contribution is -2.67. The molecule has 0 radical (unpaired) electrons. The van der Waals surface area contributed by atoms with E-state index >= 15 is 0 Å². The SMILES string of the molecule is CNc1cc(Nc2cccc(N3CCC34CCO4)n2)nc2c(C(=O)NC3CC3)cnn12. The second-order valence-corrected chi connectivity index (χ2v) is 8.27. The molecule has 1 unspecified atom stereocenters. The Kier molecular flexibility index (Phi) is 4.04. The van der Waals surface area contributed by atoms with Crippen LogP contribution in [0.4, 0.5) is 23.3 Å². The van der Waals surface area contributed by atoms with E-state index in [0.29, 0.717) is 22.8 Å². The molecule has 3 N–H and O–H groups in total. The second-order valence-electron chi connectivity index (χ2n) is 8.27. The van der Waals surface area contributed by atoms with Gasteiger partial charge in [-0.25, -0.2) is 9.97 Å². The molecule has 160 valence electrons. The highest BCUT2D eigenvalue weighted by Gasteiger charge is 2.51. The average molecular weight is 420 g/mol. The number of anilines is 4. The zero-order chi connectivity index (χ0) is 21.0. The van der Waals surface area contributed by atoms with Crippen LogP contribution in [0, 0.1) is 0 Å². The Labute approximate surface area is 179 Å². The first-order valence-electron chi connectivity index (χ1n) is 10.7. The first-order chi connectivity index (χ1) is 15.1. The minimum absolute atomic E-state index is 0.145. The van der Waals surface area contributed by atoms with Gasteiger partial charge >= 0.3 is 0 Å². The van der Waals surface area contributed by atoms with E-state index in [1.165, 1.54) is 0 Å². The lowest BCUT2D eigenvalue weighted by molar-refractivity contribution is -0.180. The van der Waals surface area contributed by atoms with Gasteiger partial charge < -0.3 is 25.6 Å². The summed E-state index contributed by atoms with van der Waals surface area (Å²) in [6.07, 6.45) is 5.70. The van der Waals surface area contributed by atoms with Crippen LogP contribution < -0.4 is 20.9 Å². The standard InChI is InChI=1S/C21H24N8O2/c1-22-18-11-16(27-19-14(12-23-29(18)19)20(30)24-13-5-6-13)25-15-3-2-4-17(26-15)28-9-7-21(28)8-10-31-21/h2-4,11-13,22H,5-10H2,1H3,(H,24,30)(H,25,26,27). The van der Waals surface area contributed by atoms with E-state index in [0.717, 1.165) is 50.5 Å². The van der Waals surface area contributed by atoms with Crippen LogP contribution in [0.1, 0.15) is 36.0 Å². The number of hydrogen-bond donors (Lipinski definition) is 3. The highest BCUT2D eigenvalue weighted by molar-refractivity contribution is 6.00. The van der Waals surface area contributed by atoms with Crippen LogP contribution in [-0.4, -0.2) is 57.5 Å². The lowest BCUT2D eigenvalue weighted by atomic mass is 9.90. The summed E-state index contributed by atoms with van der Waals surface area (Å²) >= 11 is 0. The van der Waals surface area contributed by atoms with E-state index < -0.39 is 0 Å². The van der Waals surface area contributed by atoms with E-state index in [1.54, 1.807) is 10.7 Å². The molecule has 10 heteroatoms. The molecule has 3 aromatic rings. The Bertz CT molecular complexity index is 1160. The Morgan fingerprint density at radius 3 is 2.77 bits per heavy atom. The van der Waals surface area contributed by atoms with Crippen molar-refractivity contribution in [3.05, 3.63) is 36.0 Å². The number of ether oxygens (including phenoxy) is 1. The van der Waals surface area contributed by atoms with Gasteiger partial charge in [0.2, 0.25) is 0 Å². The minimum atomic E-state index is -0.149. The number of carbonyl (C=O) groups is 1. The van der Waals surface area contributed by atoms with Crippen molar-refractivity contribution >= 4 is 34.8 Å². The van der Waals surface area contributed by atoms with E-state index in [-0.39, 0.29) is 17.7 Å². The zero-order valence-corrected chi connectivity index (χ0v) is 17.3. The number of carbonyl (C=O) groups excluding carboxylic acids is 1. The summed E-state index contributed by atoms with van der Waals surface area (Å²) in [6.45, 7) is 1.76. The predicted molar refractivity (Wildman–Crippen MR) is 116 cm³/mol. The highest BCUT2D eigenvalue weighted by atomic mass is 16.5. The summed E-state index contributed by atoms with van der Waals surface area (Å²) < 4.78 is 7.45. The molecule has 0 aromatic carbocycles. The molecule has 1 aliphatic carbocycles. The van der Waals surface area contributed by atoms with Crippen LogP contribution in [0.15, 0.2) is 30.5 Å². The van der Waals surface area contributed by atoms with Gasteiger partial charge in [-0.2, -0.15) is 9.61 Å². The molecule has 2 aliphatic heterocycles. The molecule has 1 saturated carbocycles. The van der Waals surface area contributed by atoms with Crippen LogP contribution in [0.5, 0.6) is 0 Å². The Hall–Kier alpha value is -3.40. The molecule has 3 fully saturated rings. The molecule has 1 spiro atoms. The van der Waals surface area contributed by atoms with Crippen molar-refractivity contribution in [2.24, 2.45) is 0 Å². The highest BCUT2D eigenvalue weighted by Crippen LogP contribution is 2.44. The van der Waals surface area contributed by atoms with Gasteiger partial charge in [-0.3, -0.25) is 4.79 Å².